The van der Waals surface area contributed by atoms with Gasteiger partial charge in [0, 0.05) is 32.1 Å². The van der Waals surface area contributed by atoms with Crippen LogP contribution in [0.3, 0.4) is 0 Å². The Morgan fingerprint density at radius 3 is 1.96 bits per heavy atom. The van der Waals surface area contributed by atoms with Gasteiger partial charge in [-0.2, -0.15) is 4.31 Å². The van der Waals surface area contributed by atoms with Gasteiger partial charge < -0.3 is 4.90 Å². The fourth-order valence-electron chi connectivity index (χ4n) is 3.97. The van der Waals surface area contributed by atoms with Crippen LogP contribution < -0.4 is 0 Å². The Morgan fingerprint density at radius 2 is 1.50 bits per heavy atom. The lowest BCUT2D eigenvalue weighted by atomic mass is 9.96. The summed E-state index contributed by atoms with van der Waals surface area (Å²) in [5.74, 6) is 0.136. The van der Waals surface area contributed by atoms with Crippen molar-refractivity contribution in [1.29, 1.82) is 0 Å². The lowest BCUT2D eigenvalue weighted by Crippen LogP contribution is -2.44. The molecule has 2 fully saturated rings. The van der Waals surface area contributed by atoms with Crippen LogP contribution in [-0.4, -0.2) is 49.7 Å². The molecule has 1 heterocycles. The molecule has 0 aromatic heterocycles. The summed E-state index contributed by atoms with van der Waals surface area (Å²) in [7, 11) is -1.65. The second-order valence-electron chi connectivity index (χ2n) is 7.95. The molecule has 144 valence electrons. The minimum absolute atomic E-state index is 0.0477. The number of carbonyl (C=O) groups excluding carboxylic acids is 1. The molecule has 1 amide bonds. The second kappa shape index (κ2) is 6.97. The van der Waals surface area contributed by atoms with E-state index in [1.165, 1.54) is 0 Å². The van der Waals surface area contributed by atoms with Gasteiger partial charge in [0.15, 0.2) is 0 Å². The average Bonchev–Trinajstić information content (AvgIpc) is 3.44. The Balaban J connectivity index is 1.78. The number of hydrogen-bond acceptors (Lipinski definition) is 3. The first-order chi connectivity index (χ1) is 12.1. The number of sulfonamides is 1. The van der Waals surface area contributed by atoms with Crippen molar-refractivity contribution in [2.24, 2.45) is 5.92 Å². The Labute approximate surface area is 157 Å². The van der Waals surface area contributed by atoms with Gasteiger partial charge in [0.25, 0.3) is 0 Å². The third-order valence-electron chi connectivity index (χ3n) is 6.14. The number of piperidine rings is 1. The summed E-state index contributed by atoms with van der Waals surface area (Å²) in [6.07, 6.45) is 3.41. The molecule has 1 aliphatic heterocycles. The monoisotopic (exact) mass is 378 g/mol. The molecule has 3 rings (SSSR count). The van der Waals surface area contributed by atoms with Crippen molar-refractivity contribution >= 4 is 15.9 Å². The highest BCUT2D eigenvalue weighted by atomic mass is 32.2. The van der Waals surface area contributed by atoms with E-state index in [9.17, 15) is 13.2 Å². The Kier molecular flexibility index (Phi) is 5.19. The van der Waals surface area contributed by atoms with Crippen LogP contribution in [0.5, 0.6) is 0 Å². The molecule has 1 aromatic rings. The molecule has 26 heavy (non-hydrogen) atoms. The predicted molar refractivity (Wildman–Crippen MR) is 103 cm³/mol. The number of benzene rings is 1. The van der Waals surface area contributed by atoms with E-state index in [4.69, 9.17) is 0 Å². The van der Waals surface area contributed by atoms with Gasteiger partial charge in [0.1, 0.15) is 0 Å². The zero-order valence-electron chi connectivity index (χ0n) is 16.5. The number of carbonyl (C=O) groups is 1. The zero-order chi connectivity index (χ0) is 19.2. The van der Waals surface area contributed by atoms with Crippen LogP contribution >= 0.6 is 0 Å². The van der Waals surface area contributed by atoms with E-state index in [0.717, 1.165) is 35.1 Å². The predicted octanol–water partition coefficient (Wildman–Crippen LogP) is 2.94. The van der Waals surface area contributed by atoms with Crippen LogP contribution in [0.1, 0.15) is 47.9 Å². The Bertz CT molecular complexity index is 794. The quantitative estimate of drug-likeness (QED) is 0.809. The fourth-order valence-corrected chi connectivity index (χ4v) is 6.02. The van der Waals surface area contributed by atoms with Gasteiger partial charge in [0.05, 0.1) is 4.90 Å². The van der Waals surface area contributed by atoms with E-state index in [0.29, 0.717) is 36.9 Å². The molecule has 0 spiro atoms. The smallest absolute Gasteiger partial charge is 0.243 e. The Morgan fingerprint density at radius 1 is 1.00 bits per heavy atom. The average molecular weight is 379 g/mol. The highest BCUT2D eigenvalue weighted by Crippen LogP contribution is 2.33. The van der Waals surface area contributed by atoms with Gasteiger partial charge in [-0.15, -0.1) is 0 Å². The number of amides is 1. The maximum atomic E-state index is 13.3. The van der Waals surface area contributed by atoms with Gasteiger partial charge >= 0.3 is 0 Å². The molecule has 6 heteroatoms. The third-order valence-corrected chi connectivity index (χ3v) is 8.31. The summed E-state index contributed by atoms with van der Waals surface area (Å²) in [4.78, 5) is 14.9. The number of hydrogen-bond donors (Lipinski definition) is 0. The zero-order valence-corrected chi connectivity index (χ0v) is 17.3. The third kappa shape index (κ3) is 3.41. The lowest BCUT2D eigenvalue weighted by Gasteiger charge is -2.33. The molecule has 0 unspecified atom stereocenters. The number of aryl methyl sites for hydroxylation is 2. The molecule has 0 N–H and O–H groups in total. The molecule has 5 nitrogen and oxygen atoms in total. The maximum absolute atomic E-state index is 13.3. The standard InChI is InChI=1S/C20H30N2O3S/c1-13-12-14(2)16(4)19(15(13)3)26(24,25)22-10-8-17(9-11-22)20(23)21(5)18-6-7-18/h12,17-18H,6-11H2,1-5H3. The summed E-state index contributed by atoms with van der Waals surface area (Å²) in [6, 6.07) is 2.45. The summed E-state index contributed by atoms with van der Waals surface area (Å²) in [5, 5.41) is 0. The van der Waals surface area contributed by atoms with Crippen LogP contribution in [0.15, 0.2) is 11.0 Å². The van der Waals surface area contributed by atoms with Crippen LogP contribution in [0.25, 0.3) is 0 Å². The largest absolute Gasteiger partial charge is 0.343 e. The molecule has 0 bridgehead atoms. The van der Waals surface area contributed by atoms with Crippen molar-refractivity contribution in [3.63, 3.8) is 0 Å². The van der Waals surface area contributed by atoms with E-state index in [1.807, 2.05) is 45.7 Å². The Hall–Kier alpha value is -1.40. The van der Waals surface area contributed by atoms with Gasteiger partial charge in [-0.05, 0) is 75.6 Å². The van der Waals surface area contributed by atoms with Crippen molar-refractivity contribution in [3.8, 4) is 0 Å². The SMILES string of the molecule is Cc1cc(C)c(C)c(S(=O)(=O)N2CCC(C(=O)N(C)C3CC3)CC2)c1C. The van der Waals surface area contributed by atoms with Crippen molar-refractivity contribution in [2.75, 3.05) is 20.1 Å². The van der Waals surface area contributed by atoms with Gasteiger partial charge in [-0.1, -0.05) is 6.07 Å². The minimum Gasteiger partial charge on any atom is -0.343 e. The molecular weight excluding hydrogens is 348 g/mol. The minimum atomic E-state index is -3.53. The highest BCUT2D eigenvalue weighted by molar-refractivity contribution is 7.89. The first-order valence-electron chi connectivity index (χ1n) is 9.48. The van der Waals surface area contributed by atoms with Crippen LogP contribution in [0.2, 0.25) is 0 Å². The normalized spacial score (nSPS) is 19.6. The number of rotatable bonds is 4. The van der Waals surface area contributed by atoms with Crippen molar-refractivity contribution in [2.45, 2.75) is 64.3 Å². The first-order valence-corrected chi connectivity index (χ1v) is 10.9. The molecule has 1 saturated heterocycles. The molecule has 2 aliphatic rings. The van der Waals surface area contributed by atoms with Crippen molar-refractivity contribution in [3.05, 3.63) is 28.3 Å². The molecule has 1 saturated carbocycles. The van der Waals surface area contributed by atoms with Gasteiger partial charge in [-0.25, -0.2) is 8.42 Å². The molecule has 1 aromatic carbocycles. The molecule has 0 radical (unpaired) electrons. The van der Waals surface area contributed by atoms with Crippen LogP contribution in [0.4, 0.5) is 0 Å². The first kappa shape index (κ1) is 19.4. The van der Waals surface area contributed by atoms with E-state index in [-0.39, 0.29) is 11.8 Å². The summed E-state index contributed by atoms with van der Waals surface area (Å²) in [5.41, 5.74) is 3.67. The maximum Gasteiger partial charge on any atom is 0.243 e. The van der Waals surface area contributed by atoms with E-state index >= 15 is 0 Å². The summed E-state index contributed by atoms with van der Waals surface area (Å²) < 4.78 is 28.2. The fraction of sp³-hybridized carbons (Fsp3) is 0.650. The molecule has 1 aliphatic carbocycles. The summed E-state index contributed by atoms with van der Waals surface area (Å²) >= 11 is 0. The van der Waals surface area contributed by atoms with Crippen LogP contribution in [0, 0.1) is 33.6 Å². The second-order valence-corrected chi connectivity index (χ2v) is 9.82. The van der Waals surface area contributed by atoms with E-state index < -0.39 is 10.0 Å². The molecule has 0 atom stereocenters. The van der Waals surface area contributed by atoms with Gasteiger partial charge in [0.2, 0.25) is 15.9 Å². The van der Waals surface area contributed by atoms with E-state index in [1.54, 1.807) is 4.31 Å². The summed E-state index contributed by atoms with van der Waals surface area (Å²) in [6.45, 7) is 8.52. The van der Waals surface area contributed by atoms with Gasteiger partial charge in [-0.3, -0.25) is 4.79 Å². The van der Waals surface area contributed by atoms with Crippen LogP contribution in [-0.2, 0) is 14.8 Å². The van der Waals surface area contributed by atoms with Crippen molar-refractivity contribution in [1.82, 2.24) is 9.21 Å². The van der Waals surface area contributed by atoms with E-state index in [2.05, 4.69) is 0 Å². The topological polar surface area (TPSA) is 57.7 Å². The lowest BCUT2D eigenvalue weighted by molar-refractivity contribution is -0.135. The number of nitrogens with zero attached hydrogens (tertiary/aromatic N) is 2. The molecular formula is C20H30N2O3S. The highest BCUT2D eigenvalue weighted by Gasteiger charge is 2.37. The van der Waals surface area contributed by atoms with Crippen molar-refractivity contribution < 1.29 is 13.2 Å².